The van der Waals surface area contributed by atoms with E-state index >= 15 is 0 Å². The summed E-state index contributed by atoms with van der Waals surface area (Å²) in [5.41, 5.74) is 7.32. The van der Waals surface area contributed by atoms with Crippen molar-refractivity contribution in [2.45, 2.75) is 6.92 Å². The lowest BCUT2D eigenvalue weighted by Gasteiger charge is -2.15. The van der Waals surface area contributed by atoms with Crippen LogP contribution in [-0.4, -0.2) is 19.4 Å². The Hall–Kier alpha value is -1.69. The Bertz CT molecular complexity index is 581. The van der Waals surface area contributed by atoms with E-state index in [1.54, 1.807) is 20.3 Å². The molecule has 0 spiro atoms. The van der Waals surface area contributed by atoms with Gasteiger partial charge in [0, 0.05) is 6.07 Å². The molecule has 2 rings (SSSR count). The number of nitrogens with two attached hydrogens (primary N) is 1. The molecule has 2 aromatic rings. The molecule has 0 aliphatic heterocycles. The Labute approximate surface area is 113 Å². The molecule has 0 saturated carbocycles. The SMILES string of the molecule is COc1c(Br)cc(C)c(-c2cc(N)no2)c1OC. The van der Waals surface area contributed by atoms with Crippen molar-refractivity contribution in [2.24, 2.45) is 0 Å². The number of hydrogen-bond acceptors (Lipinski definition) is 5. The number of aryl methyl sites for hydroxylation is 1. The smallest absolute Gasteiger partial charge is 0.175 e. The number of aromatic nitrogens is 1. The maximum Gasteiger partial charge on any atom is 0.175 e. The molecule has 0 radical (unpaired) electrons. The Morgan fingerprint density at radius 2 is 1.89 bits per heavy atom. The van der Waals surface area contributed by atoms with Crippen LogP contribution < -0.4 is 15.2 Å². The number of nitrogen functional groups attached to an aromatic ring is 1. The first kappa shape index (κ1) is 12.8. The van der Waals surface area contributed by atoms with E-state index in [0.29, 0.717) is 23.1 Å². The minimum atomic E-state index is 0.327. The summed E-state index contributed by atoms with van der Waals surface area (Å²) in [6.07, 6.45) is 0. The predicted octanol–water partition coefficient (Wildman–Crippen LogP) is 3.01. The largest absolute Gasteiger partial charge is 0.492 e. The van der Waals surface area contributed by atoms with Gasteiger partial charge in [0.15, 0.2) is 23.1 Å². The number of anilines is 1. The third kappa shape index (κ3) is 2.03. The molecule has 0 saturated heterocycles. The van der Waals surface area contributed by atoms with Gasteiger partial charge in [-0.1, -0.05) is 5.16 Å². The summed E-state index contributed by atoms with van der Waals surface area (Å²) in [5, 5.41) is 3.68. The van der Waals surface area contributed by atoms with Crippen molar-refractivity contribution in [1.82, 2.24) is 5.16 Å². The summed E-state index contributed by atoms with van der Waals surface area (Å²) >= 11 is 3.43. The van der Waals surface area contributed by atoms with Crippen molar-refractivity contribution < 1.29 is 14.0 Å². The Balaban J connectivity index is 2.73. The first-order valence-corrected chi connectivity index (χ1v) is 6.01. The minimum Gasteiger partial charge on any atom is -0.492 e. The molecule has 1 aromatic heterocycles. The number of halogens is 1. The van der Waals surface area contributed by atoms with E-state index in [2.05, 4.69) is 21.1 Å². The molecule has 6 heteroatoms. The highest BCUT2D eigenvalue weighted by Gasteiger charge is 2.21. The number of nitrogens with zero attached hydrogens (tertiary/aromatic N) is 1. The van der Waals surface area contributed by atoms with Gasteiger partial charge in [0.2, 0.25) is 0 Å². The number of ether oxygens (including phenoxy) is 2. The second kappa shape index (κ2) is 4.89. The van der Waals surface area contributed by atoms with Gasteiger partial charge in [0.25, 0.3) is 0 Å². The number of rotatable bonds is 3. The van der Waals surface area contributed by atoms with Gasteiger partial charge >= 0.3 is 0 Å². The summed E-state index contributed by atoms with van der Waals surface area (Å²) in [4.78, 5) is 0. The molecular weight excluding hydrogens is 300 g/mol. The predicted molar refractivity (Wildman–Crippen MR) is 71.9 cm³/mol. The Morgan fingerprint density at radius 1 is 1.22 bits per heavy atom. The van der Waals surface area contributed by atoms with E-state index in [9.17, 15) is 0 Å². The maximum atomic E-state index is 5.57. The summed E-state index contributed by atoms with van der Waals surface area (Å²) in [7, 11) is 3.16. The molecule has 96 valence electrons. The average molecular weight is 313 g/mol. The van der Waals surface area contributed by atoms with E-state index in [-0.39, 0.29) is 0 Å². The zero-order chi connectivity index (χ0) is 13.3. The summed E-state index contributed by atoms with van der Waals surface area (Å²) < 4.78 is 16.7. The van der Waals surface area contributed by atoms with Gasteiger partial charge in [-0.05, 0) is 34.5 Å². The number of hydrogen-bond donors (Lipinski definition) is 1. The molecule has 0 fully saturated rings. The highest BCUT2D eigenvalue weighted by Crippen LogP contribution is 2.45. The minimum absolute atomic E-state index is 0.327. The fourth-order valence-electron chi connectivity index (χ4n) is 1.83. The molecule has 18 heavy (non-hydrogen) atoms. The van der Waals surface area contributed by atoms with E-state index < -0.39 is 0 Å². The maximum absolute atomic E-state index is 5.57. The normalized spacial score (nSPS) is 10.4. The Morgan fingerprint density at radius 3 is 2.39 bits per heavy atom. The van der Waals surface area contributed by atoms with Crippen molar-refractivity contribution in [3.8, 4) is 22.8 Å². The highest BCUT2D eigenvalue weighted by molar-refractivity contribution is 9.10. The lowest BCUT2D eigenvalue weighted by atomic mass is 10.0. The van der Waals surface area contributed by atoms with Crippen LogP contribution in [0, 0.1) is 6.92 Å². The van der Waals surface area contributed by atoms with Crippen molar-refractivity contribution in [1.29, 1.82) is 0 Å². The van der Waals surface area contributed by atoms with Gasteiger partial charge in [-0.3, -0.25) is 0 Å². The molecule has 0 aliphatic rings. The highest BCUT2D eigenvalue weighted by atomic mass is 79.9. The van der Waals surface area contributed by atoms with E-state index in [4.69, 9.17) is 19.7 Å². The molecule has 0 bridgehead atoms. The van der Waals surface area contributed by atoms with Crippen LogP contribution in [0.15, 0.2) is 21.1 Å². The van der Waals surface area contributed by atoms with Crippen LogP contribution in [-0.2, 0) is 0 Å². The van der Waals surface area contributed by atoms with Crippen LogP contribution >= 0.6 is 15.9 Å². The lowest BCUT2D eigenvalue weighted by Crippen LogP contribution is -1.96. The van der Waals surface area contributed by atoms with Gasteiger partial charge in [-0.25, -0.2) is 0 Å². The average Bonchev–Trinajstić information content (AvgIpc) is 2.74. The van der Waals surface area contributed by atoms with E-state index in [1.807, 2.05) is 13.0 Å². The molecule has 0 unspecified atom stereocenters. The van der Waals surface area contributed by atoms with Crippen LogP contribution in [0.5, 0.6) is 11.5 Å². The molecular formula is C12H13BrN2O3. The van der Waals surface area contributed by atoms with Crippen LogP contribution in [0.4, 0.5) is 5.82 Å². The van der Waals surface area contributed by atoms with Crippen LogP contribution in [0.2, 0.25) is 0 Å². The first-order valence-electron chi connectivity index (χ1n) is 5.22. The van der Waals surface area contributed by atoms with Crippen LogP contribution in [0.3, 0.4) is 0 Å². The molecule has 5 nitrogen and oxygen atoms in total. The molecule has 1 heterocycles. The Kier molecular flexibility index (Phi) is 3.47. The molecule has 0 aliphatic carbocycles. The third-order valence-corrected chi connectivity index (χ3v) is 3.16. The van der Waals surface area contributed by atoms with Crippen molar-refractivity contribution in [2.75, 3.05) is 20.0 Å². The fraction of sp³-hybridized carbons (Fsp3) is 0.250. The van der Waals surface area contributed by atoms with Gasteiger partial charge in [-0.2, -0.15) is 0 Å². The third-order valence-electron chi connectivity index (χ3n) is 2.57. The van der Waals surface area contributed by atoms with E-state index in [1.165, 1.54) is 0 Å². The monoisotopic (exact) mass is 312 g/mol. The zero-order valence-electron chi connectivity index (χ0n) is 10.3. The van der Waals surface area contributed by atoms with Crippen LogP contribution in [0.25, 0.3) is 11.3 Å². The summed E-state index contributed by atoms with van der Waals surface area (Å²) in [6, 6.07) is 3.58. The standard InChI is InChI=1S/C12H13BrN2O3/c1-6-4-7(13)11(16-2)12(17-3)10(6)8-5-9(14)15-18-8/h4-5H,1-3H3,(H2,14,15). The second-order valence-corrected chi connectivity index (χ2v) is 4.59. The quantitative estimate of drug-likeness (QED) is 0.943. The fourth-order valence-corrected chi connectivity index (χ4v) is 2.51. The van der Waals surface area contributed by atoms with Gasteiger partial charge < -0.3 is 19.7 Å². The lowest BCUT2D eigenvalue weighted by molar-refractivity contribution is 0.352. The van der Waals surface area contributed by atoms with Crippen LogP contribution in [0.1, 0.15) is 5.56 Å². The van der Waals surface area contributed by atoms with Crippen molar-refractivity contribution >= 4 is 21.7 Å². The first-order chi connectivity index (χ1) is 8.58. The van der Waals surface area contributed by atoms with Gasteiger partial charge in [0.05, 0.1) is 24.3 Å². The van der Waals surface area contributed by atoms with E-state index in [0.717, 1.165) is 15.6 Å². The summed E-state index contributed by atoms with van der Waals surface area (Å²) in [6.45, 7) is 1.95. The molecule has 2 N–H and O–H groups in total. The van der Waals surface area contributed by atoms with Gasteiger partial charge in [0.1, 0.15) is 0 Å². The molecule has 0 atom stereocenters. The number of benzene rings is 1. The molecule has 1 aromatic carbocycles. The van der Waals surface area contributed by atoms with Crippen molar-refractivity contribution in [3.63, 3.8) is 0 Å². The molecule has 0 amide bonds. The number of methoxy groups -OCH3 is 2. The van der Waals surface area contributed by atoms with Gasteiger partial charge in [-0.15, -0.1) is 0 Å². The topological polar surface area (TPSA) is 70.5 Å². The summed E-state index contributed by atoms with van der Waals surface area (Å²) in [5.74, 6) is 2.06. The second-order valence-electron chi connectivity index (χ2n) is 3.73. The van der Waals surface area contributed by atoms with Crippen molar-refractivity contribution in [3.05, 3.63) is 22.2 Å². The zero-order valence-corrected chi connectivity index (χ0v) is 11.9.